The summed E-state index contributed by atoms with van der Waals surface area (Å²) in [6.45, 7) is 2.69. The molecule has 0 saturated heterocycles. The Labute approximate surface area is 106 Å². The van der Waals surface area contributed by atoms with Crippen LogP contribution >= 0.6 is 23.2 Å². The summed E-state index contributed by atoms with van der Waals surface area (Å²) in [5, 5.41) is 3.43. The summed E-state index contributed by atoms with van der Waals surface area (Å²) in [6, 6.07) is 6.91. The number of hydrogen-bond acceptors (Lipinski definition) is 1. The third kappa shape index (κ3) is 4.42. The van der Waals surface area contributed by atoms with Crippen molar-refractivity contribution in [1.82, 2.24) is 5.32 Å². The number of carbonyl (C=O) groups excluding carboxylic acids is 1. The van der Waals surface area contributed by atoms with Crippen LogP contribution in [0.1, 0.15) is 23.7 Å². The summed E-state index contributed by atoms with van der Waals surface area (Å²) in [5.74, 6) is 0.915. The fourth-order valence-electron chi connectivity index (χ4n) is 1.29. The Morgan fingerprint density at radius 1 is 1.50 bits per heavy atom. The van der Waals surface area contributed by atoms with E-state index in [0.717, 1.165) is 6.42 Å². The molecular formula is C12H15Cl2NO. The standard InChI is InChI=1S/C12H15Cl2NO/c1-9(5-6-13)8-15-12(16)10-3-2-4-11(14)7-10/h2-4,7,9H,5-6,8H2,1H3,(H,15,16). The van der Waals surface area contributed by atoms with Crippen molar-refractivity contribution in [2.75, 3.05) is 12.4 Å². The SMILES string of the molecule is CC(CCCl)CNC(=O)c1cccc(Cl)c1. The van der Waals surface area contributed by atoms with Gasteiger partial charge >= 0.3 is 0 Å². The molecule has 0 aromatic heterocycles. The minimum Gasteiger partial charge on any atom is -0.352 e. The fraction of sp³-hybridized carbons (Fsp3) is 0.417. The third-order valence-corrected chi connectivity index (χ3v) is 2.75. The molecule has 0 heterocycles. The molecule has 1 aromatic rings. The Morgan fingerprint density at radius 2 is 2.25 bits per heavy atom. The van der Waals surface area contributed by atoms with Gasteiger partial charge in [0.05, 0.1) is 0 Å². The Balaban J connectivity index is 2.47. The number of alkyl halides is 1. The van der Waals surface area contributed by atoms with E-state index in [9.17, 15) is 4.79 Å². The summed E-state index contributed by atoms with van der Waals surface area (Å²) in [5.41, 5.74) is 0.588. The van der Waals surface area contributed by atoms with E-state index >= 15 is 0 Å². The molecule has 1 N–H and O–H groups in total. The molecule has 0 radical (unpaired) electrons. The van der Waals surface area contributed by atoms with Gasteiger partial charge in [0.25, 0.3) is 5.91 Å². The molecule has 0 bridgehead atoms. The number of rotatable bonds is 5. The first-order chi connectivity index (χ1) is 7.63. The van der Waals surface area contributed by atoms with Crippen LogP contribution in [0.2, 0.25) is 5.02 Å². The lowest BCUT2D eigenvalue weighted by Gasteiger charge is -2.11. The van der Waals surface area contributed by atoms with Gasteiger partial charge in [0.1, 0.15) is 0 Å². The second-order valence-corrected chi connectivity index (χ2v) is 4.62. The van der Waals surface area contributed by atoms with Gasteiger partial charge in [-0.3, -0.25) is 4.79 Å². The molecule has 0 fully saturated rings. The van der Waals surface area contributed by atoms with Gasteiger partial charge in [-0.15, -0.1) is 11.6 Å². The molecule has 0 saturated carbocycles. The Morgan fingerprint density at radius 3 is 2.88 bits per heavy atom. The highest BCUT2D eigenvalue weighted by atomic mass is 35.5. The molecule has 0 spiro atoms. The largest absolute Gasteiger partial charge is 0.352 e. The van der Waals surface area contributed by atoms with Gasteiger partial charge in [0.15, 0.2) is 0 Å². The molecule has 2 nitrogen and oxygen atoms in total. The first kappa shape index (κ1) is 13.3. The lowest BCUT2D eigenvalue weighted by molar-refractivity contribution is 0.0948. The zero-order chi connectivity index (χ0) is 12.0. The lowest BCUT2D eigenvalue weighted by atomic mass is 10.1. The molecule has 0 aliphatic heterocycles. The van der Waals surface area contributed by atoms with Crippen LogP contribution in [0.25, 0.3) is 0 Å². The van der Waals surface area contributed by atoms with Crippen LogP contribution in [0.3, 0.4) is 0 Å². The van der Waals surface area contributed by atoms with E-state index < -0.39 is 0 Å². The van der Waals surface area contributed by atoms with E-state index in [-0.39, 0.29) is 5.91 Å². The van der Waals surface area contributed by atoms with Crippen LogP contribution in [0.5, 0.6) is 0 Å². The van der Waals surface area contributed by atoms with Gasteiger partial charge in [-0.2, -0.15) is 0 Å². The van der Waals surface area contributed by atoms with Crippen LogP contribution in [0.4, 0.5) is 0 Å². The molecule has 88 valence electrons. The second-order valence-electron chi connectivity index (χ2n) is 3.80. The van der Waals surface area contributed by atoms with Gasteiger partial charge in [-0.1, -0.05) is 24.6 Å². The van der Waals surface area contributed by atoms with Crippen molar-refractivity contribution >= 4 is 29.1 Å². The van der Waals surface area contributed by atoms with Crippen LogP contribution in [-0.2, 0) is 0 Å². The molecule has 1 aromatic carbocycles. The highest BCUT2D eigenvalue weighted by Crippen LogP contribution is 2.10. The number of hydrogen-bond donors (Lipinski definition) is 1. The van der Waals surface area contributed by atoms with Gasteiger partial charge in [-0.05, 0) is 30.5 Å². The van der Waals surface area contributed by atoms with Gasteiger partial charge < -0.3 is 5.32 Å². The van der Waals surface area contributed by atoms with E-state index in [1.165, 1.54) is 0 Å². The van der Waals surface area contributed by atoms with E-state index in [0.29, 0.717) is 28.9 Å². The molecule has 0 aliphatic rings. The maximum atomic E-state index is 11.7. The summed E-state index contributed by atoms with van der Waals surface area (Å²) >= 11 is 11.4. The van der Waals surface area contributed by atoms with Crippen molar-refractivity contribution in [2.45, 2.75) is 13.3 Å². The van der Waals surface area contributed by atoms with Crippen molar-refractivity contribution in [3.63, 3.8) is 0 Å². The van der Waals surface area contributed by atoms with Crippen LogP contribution in [-0.4, -0.2) is 18.3 Å². The summed E-state index contributed by atoms with van der Waals surface area (Å²) in [7, 11) is 0. The first-order valence-corrected chi connectivity index (χ1v) is 6.14. The number of nitrogens with one attached hydrogen (secondary N) is 1. The number of halogens is 2. The van der Waals surface area contributed by atoms with Crippen molar-refractivity contribution in [3.05, 3.63) is 34.9 Å². The normalized spacial score (nSPS) is 12.2. The van der Waals surface area contributed by atoms with Crippen molar-refractivity contribution < 1.29 is 4.79 Å². The average Bonchev–Trinajstić information content (AvgIpc) is 2.26. The maximum Gasteiger partial charge on any atom is 0.251 e. The lowest BCUT2D eigenvalue weighted by Crippen LogP contribution is -2.28. The maximum absolute atomic E-state index is 11.7. The Bertz CT molecular complexity index is 355. The number of benzene rings is 1. The summed E-state index contributed by atoms with van der Waals surface area (Å²) in [6.07, 6.45) is 0.900. The fourth-order valence-corrected chi connectivity index (χ4v) is 1.85. The zero-order valence-electron chi connectivity index (χ0n) is 9.17. The van der Waals surface area contributed by atoms with Crippen molar-refractivity contribution in [1.29, 1.82) is 0 Å². The van der Waals surface area contributed by atoms with Gasteiger partial charge in [-0.25, -0.2) is 0 Å². The molecule has 1 atom stereocenters. The van der Waals surface area contributed by atoms with Crippen LogP contribution < -0.4 is 5.32 Å². The van der Waals surface area contributed by atoms with Crippen molar-refractivity contribution in [2.24, 2.45) is 5.92 Å². The topological polar surface area (TPSA) is 29.1 Å². The molecule has 1 amide bonds. The second kappa shape index (κ2) is 6.77. The smallest absolute Gasteiger partial charge is 0.251 e. The molecule has 1 rings (SSSR count). The third-order valence-electron chi connectivity index (χ3n) is 2.30. The zero-order valence-corrected chi connectivity index (χ0v) is 10.7. The quantitative estimate of drug-likeness (QED) is 0.808. The van der Waals surface area contributed by atoms with Gasteiger partial charge in [0, 0.05) is 23.0 Å². The van der Waals surface area contributed by atoms with Gasteiger partial charge in [0.2, 0.25) is 0 Å². The van der Waals surface area contributed by atoms with E-state index in [1.807, 2.05) is 0 Å². The predicted octanol–water partition coefficient (Wildman–Crippen LogP) is 3.33. The van der Waals surface area contributed by atoms with E-state index in [4.69, 9.17) is 23.2 Å². The summed E-state index contributed by atoms with van der Waals surface area (Å²) < 4.78 is 0. The minimum absolute atomic E-state index is 0.0936. The highest BCUT2D eigenvalue weighted by molar-refractivity contribution is 6.30. The molecule has 1 unspecified atom stereocenters. The van der Waals surface area contributed by atoms with E-state index in [2.05, 4.69) is 12.2 Å². The molecule has 0 aliphatic carbocycles. The van der Waals surface area contributed by atoms with Crippen LogP contribution in [0, 0.1) is 5.92 Å². The molecule has 4 heteroatoms. The van der Waals surface area contributed by atoms with Crippen molar-refractivity contribution in [3.8, 4) is 0 Å². The number of amides is 1. The molecular weight excluding hydrogens is 245 g/mol. The number of carbonyl (C=O) groups is 1. The summed E-state index contributed by atoms with van der Waals surface area (Å²) in [4.78, 5) is 11.7. The predicted molar refractivity (Wildman–Crippen MR) is 68.3 cm³/mol. The Hall–Kier alpha value is -0.730. The Kier molecular flexibility index (Phi) is 5.64. The first-order valence-electron chi connectivity index (χ1n) is 5.23. The van der Waals surface area contributed by atoms with Crippen LogP contribution in [0.15, 0.2) is 24.3 Å². The minimum atomic E-state index is -0.0936. The monoisotopic (exact) mass is 259 g/mol. The molecule has 16 heavy (non-hydrogen) atoms. The van der Waals surface area contributed by atoms with E-state index in [1.54, 1.807) is 24.3 Å². The highest BCUT2D eigenvalue weighted by Gasteiger charge is 2.07. The average molecular weight is 260 g/mol.